The largest absolute Gasteiger partial charge is 0.473 e. The Balaban J connectivity index is 1.43. The number of rotatable bonds is 7. The summed E-state index contributed by atoms with van der Waals surface area (Å²) in [7, 11) is 0. The van der Waals surface area contributed by atoms with Crippen LogP contribution >= 0.6 is 0 Å². The average molecular weight is 369 g/mol. The van der Waals surface area contributed by atoms with Crippen molar-refractivity contribution < 1.29 is 14.3 Å². The van der Waals surface area contributed by atoms with Crippen molar-refractivity contribution in [3.8, 4) is 5.88 Å². The number of nitrogens with one attached hydrogen (secondary N) is 1. The Bertz CT molecular complexity index is 730. The number of pyridine rings is 1. The van der Waals surface area contributed by atoms with E-state index in [-0.39, 0.29) is 11.8 Å². The highest BCUT2D eigenvalue weighted by Crippen LogP contribution is 2.71. The molecule has 3 fully saturated rings. The van der Waals surface area contributed by atoms with Crippen LogP contribution in [-0.2, 0) is 9.59 Å². The number of ether oxygens (including phenoxy) is 1. The highest BCUT2D eigenvalue weighted by atomic mass is 16.5. The fraction of sp³-hybridized carbons (Fsp3) is 0.571. The van der Waals surface area contributed by atoms with Crippen molar-refractivity contribution in [1.29, 1.82) is 0 Å². The summed E-state index contributed by atoms with van der Waals surface area (Å²) in [4.78, 5) is 32.4. The third-order valence-corrected chi connectivity index (χ3v) is 6.25. The minimum absolute atomic E-state index is 0.0353. The Hall–Kier alpha value is -2.37. The minimum atomic E-state index is -0.528. The Morgan fingerprint density at radius 3 is 2.41 bits per heavy atom. The summed E-state index contributed by atoms with van der Waals surface area (Å²) in [6.45, 7) is 5.68. The molecular weight excluding hydrogens is 342 g/mol. The van der Waals surface area contributed by atoms with Gasteiger partial charge >= 0.3 is 0 Å². The predicted octanol–water partition coefficient (Wildman–Crippen LogP) is 3.16. The zero-order chi connectivity index (χ0) is 18.9. The molecular formula is C21H27N3O3. The van der Waals surface area contributed by atoms with Crippen LogP contribution in [0.25, 0.3) is 0 Å². The second kappa shape index (κ2) is 6.98. The van der Waals surface area contributed by atoms with E-state index in [0.29, 0.717) is 18.2 Å². The van der Waals surface area contributed by atoms with Crippen molar-refractivity contribution in [1.82, 2.24) is 9.88 Å². The molecule has 0 spiro atoms. The molecule has 4 rings (SSSR count). The highest BCUT2D eigenvalue weighted by Gasteiger charge is 2.73. The van der Waals surface area contributed by atoms with Crippen molar-refractivity contribution in [2.24, 2.45) is 10.8 Å². The minimum Gasteiger partial charge on any atom is -0.473 e. The molecule has 1 aromatic heterocycles. The molecule has 27 heavy (non-hydrogen) atoms. The second-order valence-electron chi connectivity index (χ2n) is 7.96. The maximum absolute atomic E-state index is 13.2. The van der Waals surface area contributed by atoms with Gasteiger partial charge < -0.3 is 15.0 Å². The fourth-order valence-electron chi connectivity index (χ4n) is 4.40. The van der Waals surface area contributed by atoms with E-state index >= 15 is 0 Å². The fourth-order valence-corrected chi connectivity index (χ4v) is 4.40. The Kier molecular flexibility index (Phi) is 4.66. The average Bonchev–Trinajstić information content (AvgIpc) is 3.60. The van der Waals surface area contributed by atoms with E-state index in [1.54, 1.807) is 24.4 Å². The maximum atomic E-state index is 13.2. The first-order valence-corrected chi connectivity index (χ1v) is 9.92. The molecule has 1 aromatic rings. The molecule has 0 atom stereocenters. The first-order chi connectivity index (χ1) is 13.1. The molecule has 1 aliphatic heterocycles. The lowest BCUT2D eigenvalue weighted by Gasteiger charge is -2.34. The van der Waals surface area contributed by atoms with Gasteiger partial charge in [-0.3, -0.25) is 9.59 Å². The molecule has 6 nitrogen and oxygen atoms in total. The molecule has 2 aliphatic carbocycles. The first kappa shape index (κ1) is 18.0. The summed E-state index contributed by atoms with van der Waals surface area (Å²) in [5, 5.41) is 2.98. The number of amides is 2. The van der Waals surface area contributed by atoms with E-state index in [0.717, 1.165) is 51.6 Å². The monoisotopic (exact) mass is 369 g/mol. The molecule has 144 valence electrons. The number of hydrogen-bond acceptors (Lipinski definition) is 4. The number of hydrogen-bond donors (Lipinski definition) is 1. The van der Waals surface area contributed by atoms with E-state index in [9.17, 15) is 9.59 Å². The molecule has 0 unspecified atom stereocenters. The SMILES string of the molecule is C=CCOc1ccc(NC(=O)C2(C3(C(=O)N4CCCCC4)CC3)CC2)cn1. The van der Waals surface area contributed by atoms with Gasteiger partial charge in [-0.2, -0.15) is 0 Å². The van der Waals surface area contributed by atoms with Crippen molar-refractivity contribution in [2.45, 2.75) is 44.9 Å². The summed E-state index contributed by atoms with van der Waals surface area (Å²) >= 11 is 0. The van der Waals surface area contributed by atoms with Gasteiger partial charge in [-0.15, -0.1) is 0 Å². The van der Waals surface area contributed by atoms with Crippen LogP contribution in [-0.4, -0.2) is 41.4 Å². The maximum Gasteiger partial charge on any atom is 0.231 e. The lowest BCUT2D eigenvalue weighted by Crippen LogP contribution is -2.47. The van der Waals surface area contributed by atoms with Gasteiger partial charge in [0.2, 0.25) is 17.7 Å². The molecule has 2 heterocycles. The number of nitrogens with zero attached hydrogens (tertiary/aromatic N) is 2. The van der Waals surface area contributed by atoms with Crippen molar-refractivity contribution in [2.75, 3.05) is 25.0 Å². The Labute approximate surface area is 160 Å². The summed E-state index contributed by atoms with van der Waals surface area (Å²) in [5.74, 6) is 0.668. The number of carbonyl (C=O) groups is 2. The van der Waals surface area contributed by atoms with E-state index in [1.807, 2.05) is 4.90 Å². The van der Waals surface area contributed by atoms with Crippen LogP contribution in [0.3, 0.4) is 0 Å². The topological polar surface area (TPSA) is 71.5 Å². The van der Waals surface area contributed by atoms with Gasteiger partial charge in [0.25, 0.3) is 0 Å². The number of piperidine rings is 1. The summed E-state index contributed by atoms with van der Waals surface area (Å²) in [6, 6.07) is 3.51. The van der Waals surface area contributed by atoms with Gasteiger partial charge in [-0.25, -0.2) is 4.98 Å². The van der Waals surface area contributed by atoms with Gasteiger partial charge in [-0.1, -0.05) is 12.7 Å². The third kappa shape index (κ3) is 3.22. The lowest BCUT2D eigenvalue weighted by molar-refractivity contribution is -0.144. The van der Waals surface area contributed by atoms with Gasteiger partial charge in [-0.05, 0) is 51.0 Å². The number of likely N-dealkylation sites (tertiary alicyclic amines) is 1. The molecule has 1 saturated heterocycles. The smallest absolute Gasteiger partial charge is 0.231 e. The first-order valence-electron chi connectivity index (χ1n) is 9.92. The van der Waals surface area contributed by atoms with Crippen LogP contribution in [0, 0.1) is 10.8 Å². The normalized spacial score (nSPS) is 21.9. The summed E-state index contributed by atoms with van der Waals surface area (Å²) in [6.07, 6.45) is 9.87. The van der Waals surface area contributed by atoms with Gasteiger partial charge in [0, 0.05) is 19.2 Å². The summed E-state index contributed by atoms with van der Waals surface area (Å²) < 4.78 is 5.37. The Morgan fingerprint density at radius 1 is 1.15 bits per heavy atom. The molecule has 0 aromatic carbocycles. The Morgan fingerprint density at radius 2 is 1.85 bits per heavy atom. The molecule has 6 heteroatoms. The highest BCUT2D eigenvalue weighted by molar-refractivity contribution is 6.03. The molecule has 2 amide bonds. The summed E-state index contributed by atoms with van der Waals surface area (Å²) in [5.41, 5.74) is -0.354. The second-order valence-corrected chi connectivity index (χ2v) is 7.96. The van der Waals surface area contributed by atoms with E-state index in [2.05, 4.69) is 16.9 Å². The van der Waals surface area contributed by atoms with E-state index < -0.39 is 10.8 Å². The number of carbonyl (C=O) groups excluding carboxylic acids is 2. The molecule has 0 bridgehead atoms. The quantitative estimate of drug-likeness (QED) is 0.750. The number of aromatic nitrogens is 1. The molecule has 1 N–H and O–H groups in total. The van der Waals surface area contributed by atoms with Crippen LogP contribution < -0.4 is 10.1 Å². The van der Waals surface area contributed by atoms with Crippen LogP contribution in [0.1, 0.15) is 44.9 Å². The van der Waals surface area contributed by atoms with Gasteiger partial charge in [0.1, 0.15) is 6.61 Å². The standard InChI is InChI=1S/C21H27N3O3/c1-2-14-27-17-7-6-16(15-22-17)23-18(25)20(8-9-20)21(10-11-21)19(26)24-12-4-3-5-13-24/h2,6-7,15H,1,3-5,8-14H2,(H,23,25). The molecule has 3 aliphatic rings. The van der Waals surface area contributed by atoms with E-state index in [1.165, 1.54) is 6.42 Å². The predicted molar refractivity (Wildman–Crippen MR) is 102 cm³/mol. The third-order valence-electron chi connectivity index (χ3n) is 6.25. The van der Waals surface area contributed by atoms with Gasteiger partial charge in [0.15, 0.2) is 0 Å². The van der Waals surface area contributed by atoms with E-state index in [4.69, 9.17) is 4.74 Å². The van der Waals surface area contributed by atoms with Crippen molar-refractivity contribution in [3.05, 3.63) is 31.0 Å². The zero-order valence-electron chi connectivity index (χ0n) is 15.7. The lowest BCUT2D eigenvalue weighted by atomic mass is 9.82. The van der Waals surface area contributed by atoms with Crippen molar-refractivity contribution in [3.63, 3.8) is 0 Å². The molecule has 2 saturated carbocycles. The van der Waals surface area contributed by atoms with Crippen LogP contribution in [0.2, 0.25) is 0 Å². The molecule has 0 radical (unpaired) electrons. The van der Waals surface area contributed by atoms with Crippen LogP contribution in [0.4, 0.5) is 5.69 Å². The van der Waals surface area contributed by atoms with Crippen LogP contribution in [0.15, 0.2) is 31.0 Å². The zero-order valence-corrected chi connectivity index (χ0v) is 15.7. The van der Waals surface area contributed by atoms with Crippen LogP contribution in [0.5, 0.6) is 5.88 Å². The van der Waals surface area contributed by atoms with Crippen molar-refractivity contribution >= 4 is 17.5 Å². The number of anilines is 1. The van der Waals surface area contributed by atoms with Gasteiger partial charge in [0.05, 0.1) is 22.7 Å².